The minimum absolute atomic E-state index is 0.744. The minimum atomic E-state index is 0.744. The van der Waals surface area contributed by atoms with Crippen LogP contribution in [0.4, 0.5) is 0 Å². The smallest absolute Gasteiger partial charge is 0.0521 e. The van der Waals surface area contributed by atoms with Crippen LogP contribution < -0.4 is 0 Å². The normalized spacial score (nSPS) is 10.2. The van der Waals surface area contributed by atoms with E-state index in [2.05, 4.69) is 17.1 Å². The highest BCUT2D eigenvalue weighted by atomic mass is 35.5. The Morgan fingerprint density at radius 1 is 1.13 bits per heavy atom. The highest BCUT2D eigenvalue weighted by molar-refractivity contribution is 7.98. The molecular formula is C12H10ClNS. The Morgan fingerprint density at radius 3 is 2.67 bits per heavy atom. The van der Waals surface area contributed by atoms with E-state index in [4.69, 9.17) is 11.6 Å². The quantitative estimate of drug-likeness (QED) is 0.745. The Hall–Kier alpha value is -0.990. The van der Waals surface area contributed by atoms with Gasteiger partial charge in [0.15, 0.2) is 0 Å². The highest BCUT2D eigenvalue weighted by Crippen LogP contribution is 2.22. The van der Waals surface area contributed by atoms with Gasteiger partial charge in [0.25, 0.3) is 0 Å². The molecule has 76 valence electrons. The fraction of sp³-hybridized carbons (Fsp3) is 0.0833. The summed E-state index contributed by atoms with van der Waals surface area (Å²) in [5.74, 6) is 0.852. The van der Waals surface area contributed by atoms with Crippen LogP contribution in [0.25, 0.3) is 0 Å². The summed E-state index contributed by atoms with van der Waals surface area (Å²) < 4.78 is 0. The zero-order chi connectivity index (χ0) is 10.5. The van der Waals surface area contributed by atoms with E-state index in [0.29, 0.717) is 0 Å². The lowest BCUT2D eigenvalue weighted by atomic mass is 10.4. The third-order valence-corrected chi connectivity index (χ3v) is 3.19. The van der Waals surface area contributed by atoms with Crippen molar-refractivity contribution in [3.05, 3.63) is 59.4 Å². The number of halogens is 1. The van der Waals surface area contributed by atoms with Crippen LogP contribution in [0.2, 0.25) is 5.02 Å². The Bertz CT molecular complexity index is 431. The van der Waals surface area contributed by atoms with Crippen molar-refractivity contribution >= 4 is 23.4 Å². The minimum Gasteiger partial charge on any atom is -0.260 e. The maximum Gasteiger partial charge on any atom is 0.0521 e. The molecule has 0 spiro atoms. The molecule has 0 aliphatic rings. The summed E-state index contributed by atoms with van der Waals surface area (Å²) in [6, 6.07) is 14.0. The predicted molar refractivity (Wildman–Crippen MR) is 65.3 cm³/mol. The van der Waals surface area contributed by atoms with E-state index in [9.17, 15) is 0 Å². The van der Waals surface area contributed by atoms with Crippen molar-refractivity contribution in [2.24, 2.45) is 0 Å². The standard InChI is InChI=1S/C12H10ClNS/c13-10-6-7-14-11(8-10)9-15-12-4-2-1-3-5-12/h1-8H,9H2. The third-order valence-electron chi connectivity index (χ3n) is 1.91. The van der Waals surface area contributed by atoms with Crippen molar-refractivity contribution in [1.82, 2.24) is 4.98 Å². The molecular weight excluding hydrogens is 226 g/mol. The van der Waals surface area contributed by atoms with Gasteiger partial charge in [-0.25, -0.2) is 0 Å². The molecule has 1 nitrogen and oxygen atoms in total. The van der Waals surface area contributed by atoms with Crippen molar-refractivity contribution in [3.8, 4) is 0 Å². The molecule has 1 aromatic heterocycles. The van der Waals surface area contributed by atoms with Gasteiger partial charge >= 0.3 is 0 Å². The molecule has 0 atom stereocenters. The molecule has 2 rings (SSSR count). The second-order valence-corrected chi connectivity index (χ2v) is 4.55. The zero-order valence-corrected chi connectivity index (χ0v) is 9.63. The SMILES string of the molecule is Clc1ccnc(CSc2ccccc2)c1. The number of hydrogen-bond donors (Lipinski definition) is 0. The Morgan fingerprint density at radius 2 is 1.93 bits per heavy atom. The molecule has 0 fully saturated rings. The monoisotopic (exact) mass is 235 g/mol. The zero-order valence-electron chi connectivity index (χ0n) is 8.06. The number of rotatable bonds is 3. The molecule has 0 saturated carbocycles. The second kappa shape index (κ2) is 5.19. The van der Waals surface area contributed by atoms with Gasteiger partial charge in [0.1, 0.15) is 0 Å². The van der Waals surface area contributed by atoms with Gasteiger partial charge in [0.2, 0.25) is 0 Å². The summed E-state index contributed by atoms with van der Waals surface area (Å²) in [7, 11) is 0. The largest absolute Gasteiger partial charge is 0.260 e. The van der Waals surface area contributed by atoms with E-state index < -0.39 is 0 Å². The number of nitrogens with zero attached hydrogens (tertiary/aromatic N) is 1. The maximum absolute atomic E-state index is 5.88. The first kappa shape index (κ1) is 10.5. The molecule has 2 aromatic rings. The molecule has 1 aromatic carbocycles. The Labute approximate surface area is 98.5 Å². The first-order valence-corrected chi connectivity index (χ1v) is 5.99. The molecule has 0 radical (unpaired) electrons. The molecule has 0 aliphatic heterocycles. The summed E-state index contributed by atoms with van der Waals surface area (Å²) in [4.78, 5) is 5.50. The number of hydrogen-bond acceptors (Lipinski definition) is 2. The summed E-state index contributed by atoms with van der Waals surface area (Å²) in [5.41, 5.74) is 1.01. The van der Waals surface area contributed by atoms with E-state index in [1.807, 2.05) is 24.3 Å². The molecule has 0 aliphatic carbocycles. The highest BCUT2D eigenvalue weighted by Gasteiger charge is 1.97. The van der Waals surface area contributed by atoms with E-state index in [-0.39, 0.29) is 0 Å². The average molecular weight is 236 g/mol. The van der Waals surface area contributed by atoms with Crippen molar-refractivity contribution in [2.75, 3.05) is 0 Å². The van der Waals surface area contributed by atoms with Gasteiger partial charge in [0, 0.05) is 21.9 Å². The van der Waals surface area contributed by atoms with Crippen molar-refractivity contribution < 1.29 is 0 Å². The van der Waals surface area contributed by atoms with Crippen LogP contribution in [0.15, 0.2) is 53.6 Å². The van der Waals surface area contributed by atoms with Crippen LogP contribution in [0.1, 0.15) is 5.69 Å². The topological polar surface area (TPSA) is 12.9 Å². The van der Waals surface area contributed by atoms with Crippen molar-refractivity contribution in [3.63, 3.8) is 0 Å². The molecule has 0 bridgehead atoms. The van der Waals surface area contributed by atoms with Gasteiger partial charge in [-0.2, -0.15) is 0 Å². The molecule has 1 heterocycles. The fourth-order valence-corrected chi connectivity index (χ4v) is 2.21. The molecule has 0 N–H and O–H groups in total. The number of benzene rings is 1. The molecule has 0 saturated heterocycles. The number of aromatic nitrogens is 1. The van der Waals surface area contributed by atoms with Crippen molar-refractivity contribution in [2.45, 2.75) is 10.6 Å². The molecule has 15 heavy (non-hydrogen) atoms. The van der Waals surface area contributed by atoms with Crippen LogP contribution >= 0.6 is 23.4 Å². The van der Waals surface area contributed by atoms with Crippen molar-refractivity contribution in [1.29, 1.82) is 0 Å². The fourth-order valence-electron chi connectivity index (χ4n) is 1.20. The van der Waals surface area contributed by atoms with Gasteiger partial charge in [-0.15, -0.1) is 11.8 Å². The second-order valence-electron chi connectivity index (χ2n) is 3.07. The van der Waals surface area contributed by atoms with Crippen LogP contribution in [0.3, 0.4) is 0 Å². The lowest BCUT2D eigenvalue weighted by Gasteiger charge is -2.01. The van der Waals surface area contributed by atoms with Gasteiger partial charge in [0.05, 0.1) is 5.69 Å². The van der Waals surface area contributed by atoms with E-state index >= 15 is 0 Å². The lowest BCUT2D eigenvalue weighted by molar-refractivity contribution is 1.17. The van der Waals surface area contributed by atoms with Crippen LogP contribution in [0, 0.1) is 0 Å². The number of pyridine rings is 1. The van der Waals surface area contributed by atoms with E-state index in [1.165, 1.54) is 4.90 Å². The summed E-state index contributed by atoms with van der Waals surface area (Å²) in [6.07, 6.45) is 1.74. The first-order valence-electron chi connectivity index (χ1n) is 4.63. The van der Waals surface area contributed by atoms with Crippen LogP contribution in [0.5, 0.6) is 0 Å². The van der Waals surface area contributed by atoms with E-state index in [1.54, 1.807) is 24.0 Å². The maximum atomic E-state index is 5.88. The summed E-state index contributed by atoms with van der Waals surface area (Å²) in [6.45, 7) is 0. The molecule has 0 amide bonds. The lowest BCUT2D eigenvalue weighted by Crippen LogP contribution is -1.85. The Balaban J connectivity index is 1.99. The summed E-state index contributed by atoms with van der Waals surface area (Å²) in [5, 5.41) is 0.744. The average Bonchev–Trinajstić information content (AvgIpc) is 2.28. The van der Waals surface area contributed by atoms with Crippen LogP contribution in [-0.4, -0.2) is 4.98 Å². The summed E-state index contributed by atoms with van der Waals surface area (Å²) >= 11 is 7.64. The van der Waals surface area contributed by atoms with Gasteiger partial charge in [-0.1, -0.05) is 29.8 Å². The van der Waals surface area contributed by atoms with E-state index in [0.717, 1.165) is 16.5 Å². The van der Waals surface area contributed by atoms with Gasteiger partial charge in [-0.05, 0) is 24.3 Å². The first-order chi connectivity index (χ1) is 7.34. The predicted octanol–water partition coefficient (Wildman–Crippen LogP) is 4.03. The van der Waals surface area contributed by atoms with Gasteiger partial charge < -0.3 is 0 Å². The van der Waals surface area contributed by atoms with Crippen LogP contribution in [-0.2, 0) is 5.75 Å². The van der Waals surface area contributed by atoms with Gasteiger partial charge in [-0.3, -0.25) is 4.98 Å². The molecule has 0 unspecified atom stereocenters. The number of thioether (sulfide) groups is 1. The third kappa shape index (κ3) is 3.26. The molecule has 3 heteroatoms. The Kier molecular flexibility index (Phi) is 3.64.